The van der Waals surface area contributed by atoms with Crippen LogP contribution in [0.4, 0.5) is 27.5 Å². The van der Waals surface area contributed by atoms with Crippen LogP contribution in [0.5, 0.6) is 0 Å². The number of nitrogens with one attached hydrogen (secondary N) is 2. The van der Waals surface area contributed by atoms with Gasteiger partial charge in [0.05, 0.1) is 23.7 Å². The minimum atomic E-state index is -0.802. The SMILES string of the molecule is CN(C)c1nn(C)c2ccc(Nc3nc(N[C@@H](CN)Cn4cccn4)c(F)cc3C(N)=O)cc12. The Bertz CT molecular complexity index is 1320. The molecule has 0 fully saturated rings. The van der Waals surface area contributed by atoms with Crippen LogP contribution in [0.3, 0.4) is 0 Å². The number of benzene rings is 1. The van der Waals surface area contributed by atoms with Crippen LogP contribution in [-0.2, 0) is 13.6 Å². The molecule has 0 bridgehead atoms. The van der Waals surface area contributed by atoms with Crippen LogP contribution < -0.4 is 27.0 Å². The van der Waals surface area contributed by atoms with E-state index in [0.29, 0.717) is 12.2 Å². The number of primary amides is 1. The number of nitrogens with zero attached hydrogens (tertiary/aromatic N) is 6. The molecule has 1 atom stereocenters. The smallest absolute Gasteiger partial charge is 0.252 e. The molecule has 178 valence electrons. The van der Waals surface area contributed by atoms with E-state index in [2.05, 4.69) is 25.8 Å². The van der Waals surface area contributed by atoms with Crippen molar-refractivity contribution in [3.8, 4) is 0 Å². The van der Waals surface area contributed by atoms with Crippen molar-refractivity contribution in [2.24, 2.45) is 18.5 Å². The Balaban J connectivity index is 1.68. The molecule has 12 heteroatoms. The number of rotatable bonds is 9. The molecule has 0 aliphatic rings. The molecule has 0 saturated heterocycles. The summed E-state index contributed by atoms with van der Waals surface area (Å²) >= 11 is 0. The summed E-state index contributed by atoms with van der Waals surface area (Å²) in [7, 11) is 5.68. The lowest BCUT2D eigenvalue weighted by Gasteiger charge is -2.19. The quantitative estimate of drug-likeness (QED) is 0.291. The van der Waals surface area contributed by atoms with E-state index in [4.69, 9.17) is 11.5 Å². The second-order valence-electron chi connectivity index (χ2n) is 8.08. The molecule has 4 rings (SSSR count). The molecular formula is C22H27FN10O. The van der Waals surface area contributed by atoms with E-state index >= 15 is 0 Å². The molecule has 0 aliphatic carbocycles. The minimum Gasteiger partial charge on any atom is -0.365 e. The lowest BCUT2D eigenvalue weighted by Crippen LogP contribution is -2.34. The number of nitrogens with two attached hydrogens (primary N) is 2. The fourth-order valence-corrected chi connectivity index (χ4v) is 3.67. The number of hydrogen-bond acceptors (Lipinski definition) is 8. The third kappa shape index (κ3) is 4.62. The second-order valence-corrected chi connectivity index (χ2v) is 8.08. The Kier molecular flexibility index (Phi) is 6.32. The van der Waals surface area contributed by atoms with Gasteiger partial charge in [-0.15, -0.1) is 0 Å². The first kappa shape index (κ1) is 23.0. The highest BCUT2D eigenvalue weighted by atomic mass is 19.1. The number of anilines is 4. The summed E-state index contributed by atoms with van der Waals surface area (Å²) in [6, 6.07) is 8.13. The van der Waals surface area contributed by atoms with Gasteiger partial charge in [-0.05, 0) is 30.3 Å². The van der Waals surface area contributed by atoms with Crippen LogP contribution >= 0.6 is 0 Å². The lowest BCUT2D eigenvalue weighted by atomic mass is 10.2. The van der Waals surface area contributed by atoms with Crippen LogP contribution in [0.2, 0.25) is 0 Å². The van der Waals surface area contributed by atoms with Gasteiger partial charge in [-0.1, -0.05) is 0 Å². The molecule has 3 aromatic heterocycles. The average molecular weight is 467 g/mol. The standard InChI is InChI=1S/C22H27FN10O/c1-31(2)22-15-9-13(5-6-18(15)32(3)30-22)27-20-16(19(25)34)10-17(23)21(29-20)28-14(11-24)12-33-8-4-7-26-33/h4-10,14H,11-12,24H2,1-3H3,(H2,25,34)(H2,27,28,29)/t14-/m0/s1. The van der Waals surface area contributed by atoms with Gasteiger partial charge < -0.3 is 27.0 Å². The molecular weight excluding hydrogens is 439 g/mol. The third-order valence-corrected chi connectivity index (χ3v) is 5.35. The predicted molar refractivity (Wildman–Crippen MR) is 130 cm³/mol. The second kappa shape index (κ2) is 9.35. The van der Waals surface area contributed by atoms with Crippen LogP contribution in [0.1, 0.15) is 10.4 Å². The summed E-state index contributed by atoms with van der Waals surface area (Å²) in [6.07, 6.45) is 3.44. The fourth-order valence-electron chi connectivity index (χ4n) is 3.67. The van der Waals surface area contributed by atoms with E-state index in [1.807, 2.05) is 44.2 Å². The highest BCUT2D eigenvalue weighted by Gasteiger charge is 2.19. The van der Waals surface area contributed by atoms with Gasteiger partial charge in [0.1, 0.15) is 5.82 Å². The zero-order chi connectivity index (χ0) is 24.4. The molecule has 0 aliphatic heterocycles. The van der Waals surface area contributed by atoms with Crippen LogP contribution in [0.25, 0.3) is 10.9 Å². The molecule has 0 radical (unpaired) electrons. The number of aryl methyl sites for hydroxylation is 1. The Morgan fingerprint density at radius 1 is 1.26 bits per heavy atom. The van der Waals surface area contributed by atoms with Crippen molar-refractivity contribution in [1.82, 2.24) is 24.5 Å². The first-order valence-corrected chi connectivity index (χ1v) is 10.6. The van der Waals surface area contributed by atoms with Gasteiger partial charge in [0.2, 0.25) is 0 Å². The molecule has 3 heterocycles. The molecule has 4 aromatic rings. The average Bonchev–Trinajstić information content (AvgIpc) is 3.42. The summed E-state index contributed by atoms with van der Waals surface area (Å²) in [4.78, 5) is 18.3. The van der Waals surface area contributed by atoms with Gasteiger partial charge in [-0.2, -0.15) is 10.2 Å². The number of hydrogen-bond donors (Lipinski definition) is 4. The molecule has 11 nitrogen and oxygen atoms in total. The van der Waals surface area contributed by atoms with E-state index in [-0.39, 0.29) is 29.8 Å². The first-order valence-electron chi connectivity index (χ1n) is 10.6. The number of halogens is 1. The number of carbonyl (C=O) groups is 1. The van der Waals surface area contributed by atoms with E-state index in [1.54, 1.807) is 27.8 Å². The fraction of sp³-hybridized carbons (Fsp3) is 0.273. The van der Waals surface area contributed by atoms with Crippen LogP contribution in [-0.4, -0.2) is 57.1 Å². The van der Waals surface area contributed by atoms with Gasteiger partial charge in [0.15, 0.2) is 17.5 Å². The molecule has 0 unspecified atom stereocenters. The molecule has 0 saturated carbocycles. The van der Waals surface area contributed by atoms with Gasteiger partial charge in [-0.3, -0.25) is 14.2 Å². The predicted octanol–water partition coefficient (Wildman–Crippen LogP) is 1.65. The van der Waals surface area contributed by atoms with Crippen molar-refractivity contribution in [2.75, 3.05) is 36.2 Å². The van der Waals surface area contributed by atoms with Crippen LogP contribution in [0, 0.1) is 5.82 Å². The molecule has 6 N–H and O–H groups in total. The summed E-state index contributed by atoms with van der Waals surface area (Å²) < 4.78 is 18.3. The van der Waals surface area contributed by atoms with Gasteiger partial charge in [0, 0.05) is 51.2 Å². The van der Waals surface area contributed by atoms with E-state index in [1.165, 1.54) is 0 Å². The molecule has 34 heavy (non-hydrogen) atoms. The highest BCUT2D eigenvalue weighted by Crippen LogP contribution is 2.30. The van der Waals surface area contributed by atoms with Crippen LogP contribution in [0.15, 0.2) is 42.7 Å². The Hall–Kier alpha value is -4.19. The number of carbonyl (C=O) groups excluding carboxylic acids is 1. The summed E-state index contributed by atoms with van der Waals surface area (Å²) in [5.74, 6) is -0.651. The zero-order valence-electron chi connectivity index (χ0n) is 19.2. The van der Waals surface area contributed by atoms with Crippen molar-refractivity contribution in [2.45, 2.75) is 12.6 Å². The summed E-state index contributed by atoms with van der Waals surface area (Å²) in [5, 5.41) is 15.7. The van der Waals surface area contributed by atoms with Gasteiger partial charge >= 0.3 is 0 Å². The Morgan fingerprint density at radius 2 is 2.06 bits per heavy atom. The van der Waals surface area contributed by atoms with E-state index in [9.17, 15) is 9.18 Å². The topological polar surface area (TPSA) is 145 Å². The summed E-state index contributed by atoms with van der Waals surface area (Å²) in [6.45, 7) is 0.627. The molecule has 0 spiro atoms. The van der Waals surface area contributed by atoms with E-state index in [0.717, 1.165) is 22.8 Å². The monoisotopic (exact) mass is 466 g/mol. The van der Waals surface area contributed by atoms with Crippen molar-refractivity contribution >= 4 is 40.0 Å². The third-order valence-electron chi connectivity index (χ3n) is 5.35. The van der Waals surface area contributed by atoms with Crippen molar-refractivity contribution in [3.05, 3.63) is 54.1 Å². The first-order chi connectivity index (χ1) is 16.3. The van der Waals surface area contributed by atoms with Gasteiger partial charge in [-0.25, -0.2) is 9.37 Å². The number of aromatic nitrogens is 5. The molecule has 1 amide bonds. The normalized spacial score (nSPS) is 12.0. The number of amides is 1. The maximum Gasteiger partial charge on any atom is 0.252 e. The molecule has 1 aromatic carbocycles. The largest absolute Gasteiger partial charge is 0.365 e. The Labute approximate surface area is 195 Å². The maximum atomic E-state index is 14.8. The van der Waals surface area contributed by atoms with E-state index < -0.39 is 11.7 Å². The highest BCUT2D eigenvalue weighted by molar-refractivity contribution is 5.99. The van der Waals surface area contributed by atoms with Crippen molar-refractivity contribution in [3.63, 3.8) is 0 Å². The maximum absolute atomic E-state index is 14.8. The Morgan fingerprint density at radius 3 is 2.71 bits per heavy atom. The number of pyridine rings is 1. The summed E-state index contributed by atoms with van der Waals surface area (Å²) in [5.41, 5.74) is 12.9. The number of fused-ring (bicyclic) bond motifs is 1. The van der Waals surface area contributed by atoms with Crippen molar-refractivity contribution in [1.29, 1.82) is 0 Å². The van der Waals surface area contributed by atoms with Gasteiger partial charge in [0.25, 0.3) is 5.91 Å². The zero-order valence-corrected chi connectivity index (χ0v) is 19.2. The minimum absolute atomic E-state index is 0.0495. The lowest BCUT2D eigenvalue weighted by molar-refractivity contribution is 0.100. The van der Waals surface area contributed by atoms with Crippen molar-refractivity contribution < 1.29 is 9.18 Å².